The highest BCUT2D eigenvalue weighted by molar-refractivity contribution is 6.32. The first kappa shape index (κ1) is 36.1. The number of para-hydroxylation sites is 1. The lowest BCUT2D eigenvalue weighted by Gasteiger charge is -2.12. The van der Waals surface area contributed by atoms with Crippen LogP contribution in [0.4, 0.5) is 5.69 Å². The molecule has 0 fully saturated rings. The number of carboxylic acids is 1. The number of fused-ring (bicyclic) bond motifs is 1. The number of ether oxygens (including phenoxy) is 1. The molecule has 3 N–H and O–H groups in total. The van der Waals surface area contributed by atoms with Gasteiger partial charge < -0.3 is 24.6 Å². The molecule has 4 aromatic carbocycles. The number of methoxy groups -OCH3 is 1. The lowest BCUT2D eigenvalue weighted by molar-refractivity contribution is -0.143. The van der Waals surface area contributed by atoms with E-state index in [1.807, 2.05) is 87.0 Å². The Balaban J connectivity index is 0.000000226. The number of anilines is 1. The molecular formula is C41H41N3O7. The van der Waals surface area contributed by atoms with Crippen LogP contribution in [-0.4, -0.2) is 50.6 Å². The molecule has 2 heterocycles. The van der Waals surface area contributed by atoms with Crippen molar-refractivity contribution in [1.29, 1.82) is 0 Å². The molecule has 0 saturated carbocycles. The highest BCUT2D eigenvalue weighted by Crippen LogP contribution is 2.32. The maximum Gasteiger partial charge on any atom is 0.335 e. The van der Waals surface area contributed by atoms with Gasteiger partial charge in [-0.15, -0.1) is 0 Å². The van der Waals surface area contributed by atoms with Crippen LogP contribution in [-0.2, 0) is 20.7 Å². The molecule has 1 atom stereocenters. The molecule has 0 radical (unpaired) electrons. The van der Waals surface area contributed by atoms with E-state index < -0.39 is 12.0 Å². The van der Waals surface area contributed by atoms with Crippen molar-refractivity contribution in [2.24, 2.45) is 5.10 Å². The molecule has 5 aromatic rings. The second-order valence-corrected chi connectivity index (χ2v) is 12.8. The fourth-order valence-corrected chi connectivity index (χ4v) is 6.28. The molecule has 0 bridgehead atoms. The molecule has 6 rings (SSSR count). The molecule has 1 unspecified atom stereocenters. The van der Waals surface area contributed by atoms with Gasteiger partial charge in [-0.2, -0.15) is 10.1 Å². The Bertz CT molecular complexity index is 2170. The van der Waals surface area contributed by atoms with Crippen LogP contribution >= 0.6 is 0 Å². The molecule has 1 aromatic heterocycles. The first-order valence-electron chi connectivity index (χ1n) is 16.4. The lowest BCUT2D eigenvalue weighted by Crippen LogP contribution is -2.21. The van der Waals surface area contributed by atoms with E-state index in [2.05, 4.69) is 5.10 Å². The number of aromatic nitrogens is 1. The summed E-state index contributed by atoms with van der Waals surface area (Å²) >= 11 is 0. The monoisotopic (exact) mass is 687 g/mol. The fraction of sp³-hybridized carbons (Fsp3) is 0.220. The number of carbonyl (C=O) groups is 3. The summed E-state index contributed by atoms with van der Waals surface area (Å²) in [6.45, 7) is 11.3. The first-order chi connectivity index (χ1) is 24.2. The Labute approximate surface area is 296 Å². The molecule has 0 aliphatic carbocycles. The van der Waals surface area contributed by atoms with E-state index in [1.54, 1.807) is 32.1 Å². The zero-order valence-electron chi connectivity index (χ0n) is 29.7. The Morgan fingerprint density at radius 1 is 0.863 bits per heavy atom. The number of carboxylic acid groups (broad SMARTS) is 1. The van der Waals surface area contributed by atoms with Gasteiger partial charge >= 0.3 is 11.9 Å². The van der Waals surface area contributed by atoms with Gasteiger partial charge in [0.05, 0.1) is 29.6 Å². The van der Waals surface area contributed by atoms with Crippen LogP contribution in [0.5, 0.6) is 11.5 Å². The Morgan fingerprint density at radius 3 is 1.98 bits per heavy atom. The van der Waals surface area contributed by atoms with Crippen molar-refractivity contribution in [2.45, 2.75) is 54.0 Å². The third-order valence-corrected chi connectivity index (χ3v) is 8.88. The van der Waals surface area contributed by atoms with E-state index in [9.17, 15) is 24.6 Å². The smallest absolute Gasteiger partial charge is 0.335 e. The number of nitrogens with zero attached hydrogens (tertiary/aromatic N) is 3. The van der Waals surface area contributed by atoms with Crippen LogP contribution in [0.15, 0.2) is 89.7 Å². The van der Waals surface area contributed by atoms with Gasteiger partial charge in [-0.3, -0.25) is 4.79 Å². The summed E-state index contributed by atoms with van der Waals surface area (Å²) in [5.74, 6) is -1.07. The van der Waals surface area contributed by atoms with Crippen molar-refractivity contribution in [3.8, 4) is 11.5 Å². The van der Waals surface area contributed by atoms with E-state index in [0.717, 1.165) is 49.8 Å². The number of esters is 1. The number of aromatic carboxylic acids is 1. The van der Waals surface area contributed by atoms with Crippen molar-refractivity contribution in [1.82, 2.24) is 4.57 Å². The Kier molecular flexibility index (Phi) is 10.5. The molecule has 51 heavy (non-hydrogen) atoms. The standard InChI is InChI=1S/C24H21N3O5.C17H20O2/c1-14-20(22(28)27(25-14)18-10-8-16(9-11-18)23(29)30)12-17-13-26(15(2)24(31)32-3)21-7-5-4-6-19(17)21;1-10-5-12(3)16(18)14(7-10)9-15-8-11(2)6-13(4)17(15)19/h4-13,15H,1-3H3,(H,29,30);5-8,18-19H,9H2,1-4H3. The summed E-state index contributed by atoms with van der Waals surface area (Å²) in [4.78, 5) is 36.3. The summed E-state index contributed by atoms with van der Waals surface area (Å²) in [6.07, 6.45) is 4.13. The molecular weight excluding hydrogens is 646 g/mol. The number of phenols is 2. The van der Waals surface area contributed by atoms with Crippen molar-refractivity contribution >= 4 is 46.2 Å². The van der Waals surface area contributed by atoms with Crippen LogP contribution in [0, 0.1) is 27.7 Å². The highest BCUT2D eigenvalue weighted by atomic mass is 16.5. The fourth-order valence-electron chi connectivity index (χ4n) is 6.28. The summed E-state index contributed by atoms with van der Waals surface area (Å²) < 4.78 is 6.71. The van der Waals surface area contributed by atoms with Gasteiger partial charge in [-0.05, 0) is 100 Å². The van der Waals surface area contributed by atoms with Crippen LogP contribution < -0.4 is 5.01 Å². The Hall–Kier alpha value is -6.16. The molecule has 1 aliphatic rings. The van der Waals surface area contributed by atoms with Gasteiger partial charge in [0.15, 0.2) is 0 Å². The van der Waals surface area contributed by atoms with Crippen LogP contribution in [0.1, 0.15) is 69.2 Å². The van der Waals surface area contributed by atoms with Gasteiger partial charge in [0.1, 0.15) is 17.5 Å². The number of aromatic hydroxyl groups is 2. The van der Waals surface area contributed by atoms with Crippen LogP contribution in [0.2, 0.25) is 0 Å². The number of hydrazone groups is 1. The molecule has 10 heteroatoms. The third kappa shape index (κ3) is 7.55. The third-order valence-electron chi connectivity index (χ3n) is 8.88. The van der Waals surface area contributed by atoms with Crippen molar-refractivity contribution in [3.05, 3.63) is 129 Å². The van der Waals surface area contributed by atoms with Crippen molar-refractivity contribution in [3.63, 3.8) is 0 Å². The zero-order valence-corrected chi connectivity index (χ0v) is 29.7. The number of carbonyl (C=O) groups excluding carboxylic acids is 2. The van der Waals surface area contributed by atoms with Crippen LogP contribution in [0.3, 0.4) is 0 Å². The average molecular weight is 688 g/mol. The maximum atomic E-state index is 13.1. The van der Waals surface area contributed by atoms with E-state index in [-0.39, 0.29) is 17.4 Å². The maximum absolute atomic E-state index is 13.1. The predicted molar refractivity (Wildman–Crippen MR) is 199 cm³/mol. The lowest BCUT2D eigenvalue weighted by atomic mass is 9.96. The minimum atomic E-state index is -1.04. The molecule has 1 aliphatic heterocycles. The number of amides is 1. The summed E-state index contributed by atoms with van der Waals surface area (Å²) in [7, 11) is 1.35. The van der Waals surface area contributed by atoms with Crippen LogP contribution in [0.25, 0.3) is 17.0 Å². The van der Waals surface area contributed by atoms with E-state index >= 15 is 0 Å². The van der Waals surface area contributed by atoms with Gasteiger partial charge in [0.25, 0.3) is 5.91 Å². The largest absolute Gasteiger partial charge is 0.507 e. The van der Waals surface area contributed by atoms with E-state index in [4.69, 9.17) is 9.84 Å². The SMILES string of the molecule is COC(=O)C(C)n1cc(C=C2C(=O)N(c3ccc(C(=O)O)cc3)N=C2C)c2ccccc21.Cc1cc(C)c(O)c(Cc2cc(C)cc(C)c2O)c1. The van der Waals surface area contributed by atoms with E-state index in [0.29, 0.717) is 34.9 Å². The van der Waals surface area contributed by atoms with E-state index in [1.165, 1.54) is 24.3 Å². The number of aryl methyl sites for hydroxylation is 4. The second-order valence-electron chi connectivity index (χ2n) is 12.8. The minimum absolute atomic E-state index is 0.129. The minimum Gasteiger partial charge on any atom is -0.507 e. The normalized spacial score (nSPS) is 13.9. The quantitative estimate of drug-likeness (QED) is 0.117. The number of rotatable bonds is 7. The number of phenolic OH excluding ortho intramolecular Hbond substituents is 2. The molecule has 0 saturated heterocycles. The summed E-state index contributed by atoms with van der Waals surface area (Å²) in [6, 6.07) is 20.9. The summed E-state index contributed by atoms with van der Waals surface area (Å²) in [5, 5.41) is 35.8. The number of hydrogen-bond acceptors (Lipinski definition) is 7. The van der Waals surface area contributed by atoms with Gasteiger partial charge in [0, 0.05) is 29.1 Å². The average Bonchev–Trinajstić information content (AvgIpc) is 3.61. The van der Waals surface area contributed by atoms with Gasteiger partial charge in [0.2, 0.25) is 0 Å². The first-order valence-corrected chi connectivity index (χ1v) is 16.4. The van der Waals surface area contributed by atoms with Gasteiger partial charge in [-0.25, -0.2) is 9.59 Å². The number of benzene rings is 4. The topological polar surface area (TPSA) is 142 Å². The van der Waals surface area contributed by atoms with Crippen molar-refractivity contribution < 1.29 is 34.4 Å². The molecule has 0 spiro atoms. The zero-order chi connectivity index (χ0) is 37.1. The molecule has 1 amide bonds. The molecule has 262 valence electrons. The number of hydrogen-bond donors (Lipinski definition) is 3. The highest BCUT2D eigenvalue weighted by Gasteiger charge is 2.29. The second kappa shape index (κ2) is 14.8. The predicted octanol–water partition coefficient (Wildman–Crippen LogP) is 7.80. The molecule has 10 nitrogen and oxygen atoms in total. The van der Waals surface area contributed by atoms with Crippen molar-refractivity contribution in [2.75, 3.05) is 12.1 Å². The summed E-state index contributed by atoms with van der Waals surface area (Å²) in [5.41, 5.74) is 8.89. The Morgan fingerprint density at radius 2 is 1.43 bits per heavy atom. The van der Waals surface area contributed by atoms with Gasteiger partial charge in [-0.1, -0.05) is 53.6 Å².